The van der Waals surface area contributed by atoms with Crippen LogP contribution in [0.25, 0.3) is 10.9 Å². The third-order valence-electron chi connectivity index (χ3n) is 3.70. The lowest BCUT2D eigenvalue weighted by molar-refractivity contribution is 0.0598. The van der Waals surface area contributed by atoms with E-state index in [0.29, 0.717) is 33.8 Å². The summed E-state index contributed by atoms with van der Waals surface area (Å²) in [6.45, 7) is 1.89. The molecule has 0 spiro atoms. The van der Waals surface area contributed by atoms with Gasteiger partial charge in [0.15, 0.2) is 5.16 Å². The van der Waals surface area contributed by atoms with E-state index < -0.39 is 5.97 Å². The van der Waals surface area contributed by atoms with Gasteiger partial charge in [-0.15, -0.1) is 0 Å². The number of ether oxygens (including phenoxy) is 1. The number of esters is 1. The van der Waals surface area contributed by atoms with Gasteiger partial charge in [-0.2, -0.15) is 0 Å². The largest absolute Gasteiger partial charge is 0.465 e. The Hall–Kier alpha value is -2.87. The summed E-state index contributed by atoms with van der Waals surface area (Å²) in [7, 11) is 1.36. The number of carbonyl (C=O) groups is 1. The van der Waals surface area contributed by atoms with E-state index in [0.717, 1.165) is 16.5 Å². The van der Waals surface area contributed by atoms with Crippen LogP contribution >= 0.6 is 11.8 Å². The molecule has 25 heavy (non-hydrogen) atoms. The molecule has 8 heteroatoms. The Bertz CT molecular complexity index is 941. The molecule has 0 bridgehead atoms. The summed E-state index contributed by atoms with van der Waals surface area (Å²) in [4.78, 5) is 25.2. The van der Waals surface area contributed by atoms with Crippen molar-refractivity contribution in [2.75, 3.05) is 18.6 Å². The quantitative estimate of drug-likeness (QED) is 0.416. The van der Waals surface area contributed by atoms with Crippen molar-refractivity contribution in [1.29, 1.82) is 0 Å². The first kappa shape index (κ1) is 17.0. The minimum atomic E-state index is -0.417. The Kier molecular flexibility index (Phi) is 4.71. The van der Waals surface area contributed by atoms with E-state index in [1.165, 1.54) is 24.9 Å². The van der Waals surface area contributed by atoms with E-state index >= 15 is 0 Å². The average molecular weight is 355 g/mol. The zero-order valence-electron chi connectivity index (χ0n) is 13.8. The first-order valence-electron chi connectivity index (χ1n) is 7.49. The summed E-state index contributed by atoms with van der Waals surface area (Å²) in [6.07, 6.45) is 0. The summed E-state index contributed by atoms with van der Waals surface area (Å²) >= 11 is 1.31. The van der Waals surface area contributed by atoms with Crippen molar-refractivity contribution >= 4 is 40.3 Å². The predicted molar refractivity (Wildman–Crippen MR) is 98.2 cm³/mol. The van der Waals surface area contributed by atoms with Crippen molar-refractivity contribution in [2.24, 2.45) is 0 Å². The number of hydrogen-bond acceptors (Lipinski definition) is 8. The van der Waals surface area contributed by atoms with E-state index in [1.807, 2.05) is 31.2 Å². The topological polar surface area (TPSA) is 117 Å². The fourth-order valence-corrected chi connectivity index (χ4v) is 3.39. The van der Waals surface area contributed by atoms with Gasteiger partial charge >= 0.3 is 5.97 Å². The number of methoxy groups -OCH3 is 1. The van der Waals surface area contributed by atoms with Crippen LogP contribution in [0.15, 0.2) is 35.5 Å². The molecule has 7 nitrogen and oxygen atoms in total. The lowest BCUT2D eigenvalue weighted by Gasteiger charge is -2.13. The highest BCUT2D eigenvalue weighted by molar-refractivity contribution is 7.98. The molecular weight excluding hydrogens is 338 g/mol. The molecule has 128 valence electrons. The van der Waals surface area contributed by atoms with Gasteiger partial charge in [-0.1, -0.05) is 30.0 Å². The monoisotopic (exact) mass is 355 g/mol. The van der Waals surface area contributed by atoms with Crippen LogP contribution in [0.3, 0.4) is 0 Å². The van der Waals surface area contributed by atoms with E-state index in [9.17, 15) is 4.79 Å². The van der Waals surface area contributed by atoms with E-state index in [-0.39, 0.29) is 0 Å². The number of carbonyl (C=O) groups excluding carboxylic acids is 1. The summed E-state index contributed by atoms with van der Waals surface area (Å²) in [5.41, 5.74) is 14.1. The van der Waals surface area contributed by atoms with Gasteiger partial charge in [-0.3, -0.25) is 4.98 Å². The molecule has 2 heterocycles. The van der Waals surface area contributed by atoms with Crippen molar-refractivity contribution in [1.82, 2.24) is 15.0 Å². The number of nitrogens with two attached hydrogens (primary N) is 2. The molecule has 3 rings (SSSR count). The van der Waals surface area contributed by atoms with E-state index in [4.69, 9.17) is 16.2 Å². The predicted octanol–water partition coefficient (Wildman–Crippen LogP) is 2.58. The van der Waals surface area contributed by atoms with Gasteiger partial charge in [-0.05, 0) is 18.6 Å². The van der Waals surface area contributed by atoms with Crippen molar-refractivity contribution in [2.45, 2.75) is 17.8 Å². The normalized spacial score (nSPS) is 10.8. The maximum absolute atomic E-state index is 12.3. The number of aromatic nitrogens is 3. The van der Waals surface area contributed by atoms with Crippen molar-refractivity contribution in [3.05, 3.63) is 47.2 Å². The zero-order chi connectivity index (χ0) is 18.0. The van der Waals surface area contributed by atoms with Crippen LogP contribution in [-0.2, 0) is 10.5 Å². The van der Waals surface area contributed by atoms with Crippen LogP contribution < -0.4 is 11.5 Å². The van der Waals surface area contributed by atoms with Crippen LogP contribution in [0.4, 0.5) is 11.6 Å². The first-order valence-corrected chi connectivity index (χ1v) is 8.47. The molecule has 0 unspecified atom stereocenters. The average Bonchev–Trinajstić information content (AvgIpc) is 2.58. The maximum atomic E-state index is 12.3. The number of fused-ring (bicyclic) bond motifs is 1. The minimum absolute atomic E-state index is 0.297. The summed E-state index contributed by atoms with van der Waals surface area (Å²) in [5, 5.41) is 1.35. The number of aryl methyl sites for hydroxylation is 1. The number of pyridine rings is 1. The second-order valence-electron chi connectivity index (χ2n) is 5.36. The number of benzene rings is 1. The molecule has 0 saturated carbocycles. The van der Waals surface area contributed by atoms with Crippen LogP contribution in [0.2, 0.25) is 0 Å². The Morgan fingerprint density at radius 1 is 1.16 bits per heavy atom. The zero-order valence-corrected chi connectivity index (χ0v) is 14.6. The lowest BCUT2D eigenvalue weighted by atomic mass is 10.0. The first-order chi connectivity index (χ1) is 12.0. The Balaban J connectivity index is 2.03. The summed E-state index contributed by atoms with van der Waals surface area (Å²) in [5.74, 6) is 0.565. The lowest BCUT2D eigenvalue weighted by Crippen LogP contribution is -2.10. The van der Waals surface area contributed by atoms with Crippen molar-refractivity contribution < 1.29 is 9.53 Å². The van der Waals surface area contributed by atoms with Gasteiger partial charge in [0.25, 0.3) is 0 Å². The van der Waals surface area contributed by atoms with Crippen LogP contribution in [-0.4, -0.2) is 28.0 Å². The Labute approximate surface area is 148 Å². The molecule has 0 amide bonds. The number of hydrogen-bond donors (Lipinski definition) is 2. The third-order valence-corrected chi connectivity index (χ3v) is 4.56. The SMILES string of the molecule is COC(=O)c1c(CSc2nc(N)cc(N)n2)nc2ccccc2c1C. The third kappa shape index (κ3) is 3.48. The van der Waals surface area contributed by atoms with Gasteiger partial charge in [0.1, 0.15) is 11.6 Å². The summed E-state index contributed by atoms with van der Waals surface area (Å²) < 4.78 is 4.94. The van der Waals surface area contributed by atoms with Gasteiger partial charge in [-0.25, -0.2) is 14.8 Å². The fraction of sp³-hybridized carbons (Fsp3) is 0.176. The molecule has 0 radical (unpaired) electrons. The highest BCUT2D eigenvalue weighted by Crippen LogP contribution is 2.28. The Morgan fingerprint density at radius 2 is 1.84 bits per heavy atom. The smallest absolute Gasteiger partial charge is 0.340 e. The van der Waals surface area contributed by atoms with Gasteiger partial charge in [0.2, 0.25) is 0 Å². The van der Waals surface area contributed by atoms with E-state index in [1.54, 1.807) is 0 Å². The molecule has 0 atom stereocenters. The molecule has 2 aromatic heterocycles. The Morgan fingerprint density at radius 3 is 2.52 bits per heavy atom. The van der Waals surface area contributed by atoms with Gasteiger partial charge < -0.3 is 16.2 Å². The van der Waals surface area contributed by atoms with Crippen LogP contribution in [0.5, 0.6) is 0 Å². The molecule has 1 aromatic carbocycles. The number of para-hydroxylation sites is 1. The molecule has 0 aliphatic carbocycles. The van der Waals surface area contributed by atoms with Crippen molar-refractivity contribution in [3.8, 4) is 0 Å². The molecular formula is C17H17N5O2S. The molecule has 0 aliphatic rings. The number of rotatable bonds is 4. The van der Waals surface area contributed by atoms with E-state index in [2.05, 4.69) is 15.0 Å². The van der Waals surface area contributed by atoms with Crippen molar-refractivity contribution in [3.63, 3.8) is 0 Å². The van der Waals surface area contributed by atoms with Gasteiger partial charge in [0, 0.05) is 17.2 Å². The number of nitrogens with zero attached hydrogens (tertiary/aromatic N) is 3. The second kappa shape index (κ2) is 6.94. The highest BCUT2D eigenvalue weighted by atomic mass is 32.2. The molecule has 0 aliphatic heterocycles. The molecule has 0 saturated heterocycles. The highest BCUT2D eigenvalue weighted by Gasteiger charge is 2.19. The van der Waals surface area contributed by atoms with Crippen LogP contribution in [0.1, 0.15) is 21.6 Å². The molecule has 4 N–H and O–H groups in total. The standard InChI is InChI=1S/C17H17N5O2S/c1-9-10-5-3-4-6-11(10)20-12(15(9)16(23)24-2)8-25-17-21-13(18)7-14(19)22-17/h3-7H,8H2,1-2H3,(H4,18,19,21,22). The maximum Gasteiger partial charge on any atom is 0.340 e. The van der Waals surface area contributed by atoms with Gasteiger partial charge in [0.05, 0.1) is 23.9 Å². The second-order valence-corrected chi connectivity index (χ2v) is 6.30. The fourth-order valence-electron chi connectivity index (χ4n) is 2.58. The summed E-state index contributed by atoms with van der Waals surface area (Å²) in [6, 6.07) is 9.15. The number of thioether (sulfide) groups is 1. The molecule has 0 fully saturated rings. The minimum Gasteiger partial charge on any atom is -0.465 e. The number of nitrogen functional groups attached to an aromatic ring is 2. The molecule has 3 aromatic rings. The van der Waals surface area contributed by atoms with Crippen LogP contribution in [0, 0.1) is 6.92 Å². The number of anilines is 2.